The van der Waals surface area contributed by atoms with Crippen molar-refractivity contribution in [1.82, 2.24) is 19.8 Å². The molecular weight excluding hydrogens is 192 g/mol. The van der Waals surface area contributed by atoms with Gasteiger partial charge in [-0.2, -0.15) is 9.36 Å². The molecule has 0 atom stereocenters. The quantitative estimate of drug-likeness (QED) is 0.685. The number of aromatic nitrogens is 4. The van der Waals surface area contributed by atoms with Gasteiger partial charge in [-0.15, -0.1) is 6.58 Å². The number of hydrogen-bond acceptors (Lipinski definition) is 3. The van der Waals surface area contributed by atoms with E-state index in [4.69, 9.17) is 0 Å². The molecule has 0 aliphatic rings. The van der Waals surface area contributed by atoms with Gasteiger partial charge in [0.2, 0.25) is 0 Å². The second-order valence-electron chi connectivity index (χ2n) is 2.98. The van der Waals surface area contributed by atoms with Crippen LogP contribution in [0.3, 0.4) is 0 Å². The molecule has 0 aliphatic heterocycles. The lowest BCUT2D eigenvalue weighted by molar-refractivity contribution is 0.644. The minimum absolute atomic E-state index is 0.263. The maximum absolute atomic E-state index is 11.7. The zero-order chi connectivity index (χ0) is 10.7. The van der Waals surface area contributed by atoms with Gasteiger partial charge in [0.1, 0.15) is 0 Å². The highest BCUT2D eigenvalue weighted by Gasteiger charge is 2.06. The Bertz CT molecular complexity index is 512. The van der Waals surface area contributed by atoms with E-state index in [0.717, 1.165) is 0 Å². The molecular formula is C10H10N4O. The predicted molar refractivity (Wildman–Crippen MR) is 55.8 cm³/mol. The molecule has 0 fully saturated rings. The molecule has 76 valence electrons. The molecule has 0 amide bonds. The number of allylic oxidation sites excluding steroid dienone is 1. The molecule has 0 N–H and O–H groups in total. The molecule has 2 rings (SSSR count). The van der Waals surface area contributed by atoms with Crippen LogP contribution in [0.15, 0.2) is 47.8 Å². The first-order valence-electron chi connectivity index (χ1n) is 4.52. The number of hydrogen-bond donors (Lipinski definition) is 0. The summed E-state index contributed by atoms with van der Waals surface area (Å²) in [6.45, 7) is 3.91. The molecule has 5 heteroatoms. The molecule has 1 heterocycles. The summed E-state index contributed by atoms with van der Waals surface area (Å²) >= 11 is 0. The second kappa shape index (κ2) is 3.91. The summed E-state index contributed by atoms with van der Waals surface area (Å²) < 4.78 is 2.50. The fourth-order valence-electron chi connectivity index (χ4n) is 1.24. The first-order valence-corrected chi connectivity index (χ1v) is 4.52. The summed E-state index contributed by atoms with van der Waals surface area (Å²) in [7, 11) is 0. The minimum atomic E-state index is -0.263. The van der Waals surface area contributed by atoms with Crippen LogP contribution in [0.2, 0.25) is 0 Å². The third-order valence-electron chi connectivity index (χ3n) is 1.94. The molecule has 0 aliphatic carbocycles. The van der Waals surface area contributed by atoms with Gasteiger partial charge in [0.05, 0.1) is 12.2 Å². The van der Waals surface area contributed by atoms with Crippen LogP contribution >= 0.6 is 0 Å². The minimum Gasteiger partial charge on any atom is -0.244 e. The van der Waals surface area contributed by atoms with Crippen molar-refractivity contribution in [1.29, 1.82) is 0 Å². The summed E-state index contributed by atoms with van der Waals surface area (Å²) in [5.74, 6) is 0. The van der Waals surface area contributed by atoms with Crippen LogP contribution in [0.25, 0.3) is 5.69 Å². The van der Waals surface area contributed by atoms with Gasteiger partial charge in [0, 0.05) is 0 Å². The zero-order valence-electron chi connectivity index (χ0n) is 8.08. The van der Waals surface area contributed by atoms with Gasteiger partial charge >= 0.3 is 5.69 Å². The highest BCUT2D eigenvalue weighted by Crippen LogP contribution is 2.00. The number of para-hydroxylation sites is 1. The first-order chi connectivity index (χ1) is 7.33. The third kappa shape index (κ3) is 1.71. The lowest BCUT2D eigenvalue weighted by atomic mass is 10.3. The summed E-state index contributed by atoms with van der Waals surface area (Å²) in [5.41, 5.74) is 0.443. The van der Waals surface area contributed by atoms with Crippen molar-refractivity contribution in [3.8, 4) is 5.69 Å². The maximum Gasteiger partial charge on any atom is 0.368 e. The largest absolute Gasteiger partial charge is 0.368 e. The van der Waals surface area contributed by atoms with Crippen LogP contribution in [-0.4, -0.2) is 19.8 Å². The van der Waals surface area contributed by atoms with E-state index in [0.29, 0.717) is 12.2 Å². The van der Waals surface area contributed by atoms with E-state index < -0.39 is 0 Å². The molecule has 0 saturated heterocycles. The third-order valence-corrected chi connectivity index (χ3v) is 1.94. The standard InChI is InChI=1S/C10H10N4O/c1-2-8-13-10(15)14(12-11-13)9-6-4-3-5-7-9/h2-7H,1,8H2. The summed E-state index contributed by atoms with van der Waals surface area (Å²) in [6, 6.07) is 9.16. The molecule has 0 spiro atoms. The topological polar surface area (TPSA) is 52.7 Å². The van der Waals surface area contributed by atoms with Crippen molar-refractivity contribution < 1.29 is 0 Å². The van der Waals surface area contributed by atoms with Crippen LogP contribution in [-0.2, 0) is 6.54 Å². The normalized spacial score (nSPS) is 10.1. The Morgan fingerprint density at radius 3 is 2.67 bits per heavy atom. The van der Waals surface area contributed by atoms with E-state index in [-0.39, 0.29) is 5.69 Å². The summed E-state index contributed by atoms with van der Waals surface area (Å²) in [6.07, 6.45) is 1.60. The molecule has 1 aromatic heterocycles. The van der Waals surface area contributed by atoms with Crippen LogP contribution in [0, 0.1) is 0 Å². The smallest absolute Gasteiger partial charge is 0.244 e. The van der Waals surface area contributed by atoms with Crippen LogP contribution in [0.5, 0.6) is 0 Å². The number of tetrazole rings is 1. The van der Waals surface area contributed by atoms with Crippen molar-refractivity contribution in [2.75, 3.05) is 0 Å². The molecule has 5 nitrogen and oxygen atoms in total. The molecule has 0 unspecified atom stereocenters. The number of benzene rings is 1. The number of nitrogens with zero attached hydrogens (tertiary/aromatic N) is 4. The van der Waals surface area contributed by atoms with Gasteiger partial charge in [0.15, 0.2) is 0 Å². The van der Waals surface area contributed by atoms with Crippen LogP contribution in [0.1, 0.15) is 0 Å². The Morgan fingerprint density at radius 2 is 2.00 bits per heavy atom. The lowest BCUT2D eigenvalue weighted by Gasteiger charge is -1.95. The van der Waals surface area contributed by atoms with Crippen molar-refractivity contribution in [2.45, 2.75) is 6.54 Å². The average Bonchev–Trinajstić information content (AvgIpc) is 2.63. The van der Waals surface area contributed by atoms with Gasteiger partial charge < -0.3 is 0 Å². The van der Waals surface area contributed by atoms with Crippen molar-refractivity contribution >= 4 is 0 Å². The summed E-state index contributed by atoms with van der Waals surface area (Å²) in [5, 5.41) is 7.50. The molecule has 15 heavy (non-hydrogen) atoms. The van der Waals surface area contributed by atoms with Gasteiger partial charge in [-0.1, -0.05) is 24.3 Å². The van der Waals surface area contributed by atoms with E-state index in [1.807, 2.05) is 18.2 Å². The van der Waals surface area contributed by atoms with E-state index in [1.54, 1.807) is 18.2 Å². The Kier molecular flexibility index (Phi) is 2.45. The number of rotatable bonds is 3. The average molecular weight is 202 g/mol. The zero-order valence-corrected chi connectivity index (χ0v) is 8.08. The fraction of sp³-hybridized carbons (Fsp3) is 0.100. The monoisotopic (exact) mass is 202 g/mol. The first kappa shape index (κ1) is 9.39. The van der Waals surface area contributed by atoms with Crippen LogP contribution < -0.4 is 5.69 Å². The van der Waals surface area contributed by atoms with E-state index in [2.05, 4.69) is 17.0 Å². The Morgan fingerprint density at radius 1 is 1.27 bits per heavy atom. The van der Waals surface area contributed by atoms with Crippen molar-refractivity contribution in [2.24, 2.45) is 0 Å². The molecule has 2 aromatic rings. The van der Waals surface area contributed by atoms with Gasteiger partial charge in [-0.25, -0.2) is 4.79 Å². The van der Waals surface area contributed by atoms with Crippen molar-refractivity contribution in [3.63, 3.8) is 0 Å². The van der Waals surface area contributed by atoms with Gasteiger partial charge in [-0.3, -0.25) is 0 Å². The lowest BCUT2D eigenvalue weighted by Crippen LogP contribution is -2.23. The molecule has 0 bridgehead atoms. The molecule has 0 saturated carbocycles. The van der Waals surface area contributed by atoms with Gasteiger partial charge in [-0.05, 0) is 22.6 Å². The SMILES string of the molecule is C=CCn1nnn(-c2ccccc2)c1=O. The maximum atomic E-state index is 11.7. The summed E-state index contributed by atoms with van der Waals surface area (Å²) in [4.78, 5) is 11.7. The predicted octanol–water partition coefficient (Wildman–Crippen LogP) is 0.615. The molecule has 1 aromatic carbocycles. The second-order valence-corrected chi connectivity index (χ2v) is 2.98. The Balaban J connectivity index is 2.47. The fourth-order valence-corrected chi connectivity index (χ4v) is 1.24. The van der Waals surface area contributed by atoms with E-state index in [9.17, 15) is 4.79 Å². The Labute approximate surface area is 86.2 Å². The Hall–Kier alpha value is -2.17. The van der Waals surface area contributed by atoms with Crippen molar-refractivity contribution in [3.05, 3.63) is 53.5 Å². The van der Waals surface area contributed by atoms with E-state index >= 15 is 0 Å². The highest BCUT2D eigenvalue weighted by atomic mass is 16.2. The van der Waals surface area contributed by atoms with E-state index in [1.165, 1.54) is 9.36 Å². The molecule has 0 radical (unpaired) electrons. The van der Waals surface area contributed by atoms with Crippen LogP contribution in [0.4, 0.5) is 0 Å². The highest BCUT2D eigenvalue weighted by molar-refractivity contribution is 5.28. The van der Waals surface area contributed by atoms with Gasteiger partial charge in [0.25, 0.3) is 0 Å².